The highest BCUT2D eigenvalue weighted by Gasteiger charge is 2.17. The molecule has 0 radical (unpaired) electrons. The van der Waals surface area contributed by atoms with Crippen molar-refractivity contribution >= 4 is 66.2 Å². The number of para-hydroxylation sites is 3. The quantitative estimate of drug-likeness (QED) is 0.157. The Morgan fingerprint density at radius 2 is 0.983 bits per heavy atom. The smallest absolute Gasteiger partial charge is 0.160 e. The molecule has 0 unspecified atom stereocenters. The third kappa shape index (κ3) is 5.67. The number of aromatic nitrogens is 6. The van der Waals surface area contributed by atoms with Crippen LogP contribution in [0.2, 0.25) is 0 Å². The van der Waals surface area contributed by atoms with Crippen LogP contribution in [-0.4, -0.2) is 28.3 Å². The first-order valence-electron chi connectivity index (χ1n) is 19.9. The molecule has 6 nitrogen and oxygen atoms in total. The molecule has 0 atom stereocenters. The van der Waals surface area contributed by atoms with Crippen LogP contribution in [0.25, 0.3) is 116 Å². The highest BCUT2D eigenvalue weighted by atomic mass is 32.1. The van der Waals surface area contributed by atoms with Gasteiger partial charge in [0.25, 0.3) is 0 Å². The fraction of sp³-hybridized carbons (Fsp3) is 0. The van der Waals surface area contributed by atoms with E-state index in [1.807, 2.05) is 30.3 Å². The van der Waals surface area contributed by atoms with Gasteiger partial charge in [-0.2, -0.15) is 8.75 Å². The molecule has 12 aromatic rings. The maximum atomic E-state index is 5.17. The average Bonchev–Trinajstić information content (AvgIpc) is 3.95. The van der Waals surface area contributed by atoms with Crippen molar-refractivity contribution in [2.75, 3.05) is 0 Å². The topological polar surface area (TPSA) is 69.4 Å². The van der Waals surface area contributed by atoms with Crippen LogP contribution < -0.4 is 0 Å². The molecule has 8 aromatic carbocycles. The highest BCUT2D eigenvalue weighted by Crippen LogP contribution is 2.38. The first-order valence-corrected chi connectivity index (χ1v) is 20.6. The monoisotopic (exact) mass is 784 g/mol. The van der Waals surface area contributed by atoms with Gasteiger partial charge in [-0.1, -0.05) is 140 Å². The molecule has 0 aliphatic rings. The number of hydrogen-bond donors (Lipinski definition) is 0. The maximum Gasteiger partial charge on any atom is 0.160 e. The van der Waals surface area contributed by atoms with Crippen molar-refractivity contribution in [3.63, 3.8) is 0 Å². The van der Waals surface area contributed by atoms with Crippen LogP contribution in [0.15, 0.2) is 194 Å². The highest BCUT2D eigenvalue weighted by molar-refractivity contribution is 7.00. The van der Waals surface area contributed by atoms with E-state index in [4.69, 9.17) is 15.0 Å². The fourth-order valence-electron chi connectivity index (χ4n) is 8.62. The van der Waals surface area contributed by atoms with Crippen LogP contribution in [0, 0.1) is 0 Å². The van der Waals surface area contributed by atoms with E-state index in [9.17, 15) is 0 Å². The number of pyridine rings is 1. The molecular weight excluding hydrogens is 753 g/mol. The minimum Gasteiger partial charge on any atom is -0.309 e. The Morgan fingerprint density at radius 1 is 0.367 bits per heavy atom. The predicted molar refractivity (Wildman–Crippen MR) is 247 cm³/mol. The van der Waals surface area contributed by atoms with Gasteiger partial charge >= 0.3 is 0 Å². The molecule has 12 rings (SSSR count). The van der Waals surface area contributed by atoms with E-state index in [1.54, 1.807) is 0 Å². The lowest BCUT2D eigenvalue weighted by molar-refractivity contribution is 1.17. The Labute approximate surface area is 349 Å². The summed E-state index contributed by atoms with van der Waals surface area (Å²) in [7, 11) is 0. The third-order valence-electron chi connectivity index (χ3n) is 11.5. The van der Waals surface area contributed by atoms with E-state index in [2.05, 4.69) is 177 Å². The summed E-state index contributed by atoms with van der Waals surface area (Å²) < 4.78 is 11.5. The molecule has 0 saturated carbocycles. The minimum absolute atomic E-state index is 0.685. The molecule has 280 valence electrons. The second-order valence-corrected chi connectivity index (χ2v) is 15.5. The predicted octanol–water partition coefficient (Wildman–Crippen LogP) is 13.6. The number of rotatable bonds is 6. The molecular formula is C53H32N6S. The zero-order valence-corrected chi connectivity index (χ0v) is 32.9. The van der Waals surface area contributed by atoms with Gasteiger partial charge in [-0.3, -0.25) is 0 Å². The summed E-state index contributed by atoms with van der Waals surface area (Å²) in [5.41, 5.74) is 15.2. The van der Waals surface area contributed by atoms with Crippen LogP contribution in [0.3, 0.4) is 0 Å². The van der Waals surface area contributed by atoms with Crippen LogP contribution in [-0.2, 0) is 0 Å². The van der Waals surface area contributed by atoms with Gasteiger partial charge < -0.3 is 4.57 Å². The number of hydrogen-bond acceptors (Lipinski definition) is 6. The van der Waals surface area contributed by atoms with Crippen molar-refractivity contribution < 1.29 is 0 Å². The molecule has 0 N–H and O–H groups in total. The first-order chi connectivity index (χ1) is 29.7. The summed E-state index contributed by atoms with van der Waals surface area (Å²) >= 11 is 1.25. The van der Waals surface area contributed by atoms with Crippen molar-refractivity contribution in [1.29, 1.82) is 0 Å². The summed E-state index contributed by atoms with van der Waals surface area (Å²) in [6.07, 6.45) is 0. The van der Waals surface area contributed by atoms with Gasteiger partial charge in [0.2, 0.25) is 0 Å². The van der Waals surface area contributed by atoms with Crippen molar-refractivity contribution in [3.05, 3.63) is 194 Å². The van der Waals surface area contributed by atoms with E-state index < -0.39 is 0 Å². The van der Waals surface area contributed by atoms with E-state index in [0.717, 1.165) is 88.9 Å². The average molecular weight is 785 g/mol. The van der Waals surface area contributed by atoms with Crippen LogP contribution >= 0.6 is 11.7 Å². The Kier molecular flexibility index (Phi) is 7.92. The second-order valence-electron chi connectivity index (χ2n) is 15.0. The summed E-state index contributed by atoms with van der Waals surface area (Å²) in [4.78, 5) is 15.5. The second kappa shape index (κ2) is 13.9. The van der Waals surface area contributed by atoms with Crippen LogP contribution in [0.1, 0.15) is 0 Å². The molecule has 0 amide bonds. The van der Waals surface area contributed by atoms with E-state index in [-0.39, 0.29) is 0 Å². The minimum atomic E-state index is 0.685. The lowest BCUT2D eigenvalue weighted by Crippen LogP contribution is -1.97. The van der Waals surface area contributed by atoms with Crippen molar-refractivity contribution in [2.24, 2.45) is 0 Å². The third-order valence-corrected chi connectivity index (χ3v) is 12.0. The van der Waals surface area contributed by atoms with Gasteiger partial charge in [0.05, 0.1) is 45.4 Å². The largest absolute Gasteiger partial charge is 0.309 e. The molecule has 4 heterocycles. The van der Waals surface area contributed by atoms with Gasteiger partial charge in [-0.05, 0) is 65.7 Å². The van der Waals surface area contributed by atoms with Crippen LogP contribution in [0.5, 0.6) is 0 Å². The number of benzene rings is 8. The molecule has 0 saturated heterocycles. The van der Waals surface area contributed by atoms with Gasteiger partial charge in [0, 0.05) is 54.9 Å². The summed E-state index contributed by atoms with van der Waals surface area (Å²) in [5.74, 6) is 0.685. The normalized spacial score (nSPS) is 11.7. The molecule has 4 aromatic heterocycles. The van der Waals surface area contributed by atoms with Gasteiger partial charge in [0.1, 0.15) is 11.0 Å². The number of nitrogens with zero attached hydrogens (tertiary/aromatic N) is 6. The Balaban J connectivity index is 0.922. The molecule has 7 heteroatoms. The standard InChI is InChI=1S/C53H32N6S/c1-2-11-36(12-3-1)53-55-46(34-25-27-39(28-26-34)59-48-19-8-5-15-40(48)41-16-6-9-20-49(41)59)32-47(56-53)38-14-10-13-37(31-38)33-21-23-35(24-22-33)51-43-29-30-45-52(58-60-57-45)50(43)42-17-4-7-18-44(42)54-51/h1-32H. The SMILES string of the molecule is c1ccc(-c2nc(-c3ccc(-n4c5ccccc5c5ccccc54)cc3)cc(-c3cccc(-c4ccc(-c5nc6ccccc6c6c5ccc5nsnc56)cc4)c3)n2)cc1. The van der Waals surface area contributed by atoms with Gasteiger partial charge in [0.15, 0.2) is 5.82 Å². The molecule has 60 heavy (non-hydrogen) atoms. The lowest BCUT2D eigenvalue weighted by Gasteiger charge is -2.12. The van der Waals surface area contributed by atoms with Crippen LogP contribution in [0.4, 0.5) is 0 Å². The fourth-order valence-corrected chi connectivity index (χ4v) is 9.17. The maximum absolute atomic E-state index is 5.17. The van der Waals surface area contributed by atoms with E-state index in [0.29, 0.717) is 5.82 Å². The molecule has 0 fully saturated rings. The van der Waals surface area contributed by atoms with Crippen molar-refractivity contribution in [3.8, 4) is 62.0 Å². The zero-order valence-electron chi connectivity index (χ0n) is 32.1. The van der Waals surface area contributed by atoms with Gasteiger partial charge in [-0.25, -0.2) is 15.0 Å². The lowest BCUT2D eigenvalue weighted by atomic mass is 9.96. The van der Waals surface area contributed by atoms with Gasteiger partial charge in [-0.15, -0.1) is 0 Å². The van der Waals surface area contributed by atoms with E-state index in [1.165, 1.54) is 33.5 Å². The summed E-state index contributed by atoms with van der Waals surface area (Å²) in [6.45, 7) is 0. The van der Waals surface area contributed by atoms with Crippen molar-refractivity contribution in [1.82, 2.24) is 28.3 Å². The first kappa shape index (κ1) is 34.2. The molecule has 0 aliphatic carbocycles. The molecule has 0 bridgehead atoms. The Hall–Kier alpha value is -7.87. The molecule has 0 spiro atoms. The number of fused-ring (bicyclic) bond motifs is 8. The molecule has 0 aliphatic heterocycles. The summed E-state index contributed by atoms with van der Waals surface area (Å²) in [6, 6.07) is 68.0. The summed E-state index contributed by atoms with van der Waals surface area (Å²) in [5, 5.41) is 5.74. The Morgan fingerprint density at radius 3 is 1.75 bits per heavy atom. The zero-order chi connectivity index (χ0) is 39.6. The van der Waals surface area contributed by atoms with Crippen molar-refractivity contribution in [2.45, 2.75) is 0 Å². The van der Waals surface area contributed by atoms with E-state index >= 15 is 0 Å². The Bertz CT molecular complexity index is 3540.